The molecule has 0 spiro atoms. The van der Waals surface area contributed by atoms with Crippen molar-refractivity contribution in [3.05, 3.63) is 0 Å². The van der Waals surface area contributed by atoms with Crippen LogP contribution >= 0.6 is 11.8 Å². The fraction of sp³-hybridized carbons (Fsp3) is 0.846. The van der Waals surface area contributed by atoms with Gasteiger partial charge in [0.1, 0.15) is 0 Å². The van der Waals surface area contributed by atoms with E-state index in [2.05, 4.69) is 10.2 Å². The molecule has 0 aliphatic carbocycles. The lowest BCUT2D eigenvalue weighted by Crippen LogP contribution is -2.27. The van der Waals surface area contributed by atoms with Gasteiger partial charge in [-0.2, -0.15) is 0 Å². The van der Waals surface area contributed by atoms with Crippen molar-refractivity contribution in [3.63, 3.8) is 0 Å². The summed E-state index contributed by atoms with van der Waals surface area (Å²) in [4.78, 5) is 25.2. The number of nitrogens with one attached hydrogen (secondary N) is 2. The van der Waals surface area contributed by atoms with Crippen LogP contribution < -0.4 is 10.2 Å². The lowest BCUT2D eigenvalue weighted by atomic mass is 9.99. The van der Waals surface area contributed by atoms with Gasteiger partial charge in [-0.25, -0.2) is 4.84 Å². The van der Waals surface area contributed by atoms with Crippen molar-refractivity contribution in [2.24, 2.45) is 5.92 Å². The minimum absolute atomic E-state index is 0. The Hall–Kier alpha value is -0.810. The molecule has 0 fully saturated rings. The van der Waals surface area contributed by atoms with E-state index in [4.69, 9.17) is 16.5 Å². The largest absolute Gasteiger partial charge is 0.466 e. The van der Waals surface area contributed by atoms with Crippen molar-refractivity contribution in [2.75, 3.05) is 20.2 Å². The first-order chi connectivity index (χ1) is 8.15. The van der Waals surface area contributed by atoms with Gasteiger partial charge in [0.05, 0.1) is 6.61 Å². The van der Waals surface area contributed by atoms with Crippen LogP contribution in [0.2, 0.25) is 0 Å². The number of amides is 1. The highest BCUT2D eigenvalue weighted by Gasteiger charge is 2.16. The van der Waals surface area contributed by atoms with Crippen LogP contribution in [0, 0.1) is 5.92 Å². The molecule has 0 aromatic carbocycles. The first-order valence-corrected chi connectivity index (χ1v) is 6.24. The zero-order valence-electron chi connectivity index (χ0n) is 10.4. The molecule has 0 heterocycles. The molecule has 0 aliphatic heterocycles. The number of carbonyl (C=O) groups is 2. The molecule has 116 valence electrons. The van der Waals surface area contributed by atoms with Gasteiger partial charge in [-0.15, -0.1) is 0 Å². The molecule has 0 saturated carbocycles. The second-order valence-corrected chi connectivity index (χ2v) is 3.98. The van der Waals surface area contributed by atoms with E-state index in [1.54, 1.807) is 7.05 Å². The van der Waals surface area contributed by atoms with Crippen LogP contribution in [0.4, 0.5) is 0 Å². The molecule has 1 atom stereocenters. The summed E-state index contributed by atoms with van der Waals surface area (Å²) in [7, 11) is 1.60. The van der Waals surface area contributed by atoms with Crippen LogP contribution in [0.3, 0.4) is 0 Å². The quantitative estimate of drug-likeness (QED) is 0.390. The van der Waals surface area contributed by atoms with Crippen molar-refractivity contribution in [2.45, 2.75) is 47.5 Å². The predicted molar refractivity (Wildman–Crippen MR) is 80.0 cm³/mol. The molecule has 6 heteroatoms. The Morgan fingerprint density at radius 1 is 1.32 bits per heavy atom. The fourth-order valence-corrected chi connectivity index (χ4v) is 1.55. The number of carbonyl (C=O) groups excluding carboxylic acids is 2. The molecule has 0 aliphatic rings. The van der Waals surface area contributed by atoms with Crippen LogP contribution in [-0.4, -0.2) is 32.1 Å². The van der Waals surface area contributed by atoms with Gasteiger partial charge in [0.25, 0.3) is 0 Å². The van der Waals surface area contributed by atoms with Gasteiger partial charge in [0.2, 0.25) is 5.91 Å². The van der Waals surface area contributed by atoms with E-state index in [1.165, 1.54) is 0 Å². The molecule has 2 N–H and O–H groups in total. The molecular formula is C13H29ClN2O3. The minimum atomic E-state index is -0.262. The molecule has 0 aromatic rings. The Morgan fingerprint density at radius 3 is 2.42 bits per heavy atom. The van der Waals surface area contributed by atoms with E-state index in [9.17, 15) is 9.59 Å². The summed E-state index contributed by atoms with van der Waals surface area (Å²) in [6, 6.07) is 0. The lowest BCUT2D eigenvalue weighted by molar-refractivity contribution is -0.144. The van der Waals surface area contributed by atoms with Crippen molar-refractivity contribution < 1.29 is 14.3 Å². The van der Waals surface area contributed by atoms with Crippen LogP contribution in [0.25, 0.3) is 0 Å². The van der Waals surface area contributed by atoms with Gasteiger partial charge in [0.15, 0.2) is 0 Å². The number of halogens is 1. The van der Waals surface area contributed by atoms with E-state index in [0.29, 0.717) is 26.0 Å². The maximum absolute atomic E-state index is 11.4. The summed E-state index contributed by atoms with van der Waals surface area (Å²) in [5, 5.41) is 2.59. The van der Waals surface area contributed by atoms with Gasteiger partial charge in [-0.05, 0) is 31.0 Å². The second-order valence-electron chi connectivity index (χ2n) is 3.72. The van der Waals surface area contributed by atoms with Crippen molar-refractivity contribution in [1.29, 1.82) is 0 Å². The van der Waals surface area contributed by atoms with E-state index >= 15 is 0 Å². The van der Waals surface area contributed by atoms with Crippen LogP contribution in [-0.2, 0) is 14.3 Å². The molecule has 0 bridgehead atoms. The lowest BCUT2D eigenvalue weighted by Gasteiger charge is -2.12. The third kappa shape index (κ3) is 12.0. The first-order valence-electron chi connectivity index (χ1n) is 5.86. The summed E-state index contributed by atoms with van der Waals surface area (Å²) >= 11 is 5.25. The standard InChI is InChI=1S/C11H21ClN2O3.2CH4/c1-3-9(11(16)13-2)5-6-10(15)17-8-4-7-14-12;;/h9,14H,3-8H2,1-2H3,(H,13,16);2*1H4/t9-;;/m0../s1. The minimum Gasteiger partial charge on any atom is -0.466 e. The molecule has 1 amide bonds. The monoisotopic (exact) mass is 296 g/mol. The van der Waals surface area contributed by atoms with Crippen LogP contribution in [0.5, 0.6) is 0 Å². The Labute approximate surface area is 122 Å². The van der Waals surface area contributed by atoms with Gasteiger partial charge in [-0.1, -0.05) is 21.8 Å². The van der Waals surface area contributed by atoms with Crippen molar-refractivity contribution in [3.8, 4) is 0 Å². The average Bonchev–Trinajstić information content (AvgIpc) is 2.35. The fourth-order valence-electron chi connectivity index (χ4n) is 1.41. The van der Waals surface area contributed by atoms with Gasteiger partial charge >= 0.3 is 5.97 Å². The number of rotatable bonds is 9. The molecule has 0 rings (SSSR count). The normalized spacial score (nSPS) is 10.7. The van der Waals surface area contributed by atoms with Crippen molar-refractivity contribution in [1.82, 2.24) is 10.2 Å². The first kappa shape index (κ1) is 23.3. The number of ether oxygens (including phenoxy) is 1. The Balaban J connectivity index is -0.00000128. The third-order valence-corrected chi connectivity index (χ3v) is 2.67. The smallest absolute Gasteiger partial charge is 0.305 e. The molecule has 0 unspecified atom stereocenters. The molecule has 5 nitrogen and oxygen atoms in total. The summed E-state index contributed by atoms with van der Waals surface area (Å²) in [6.45, 7) is 2.89. The highest BCUT2D eigenvalue weighted by atomic mass is 35.5. The summed E-state index contributed by atoms with van der Waals surface area (Å²) in [5.41, 5.74) is 0. The Morgan fingerprint density at radius 2 is 1.95 bits per heavy atom. The molecular weight excluding hydrogens is 268 g/mol. The van der Waals surface area contributed by atoms with Gasteiger partial charge < -0.3 is 10.1 Å². The van der Waals surface area contributed by atoms with E-state index < -0.39 is 0 Å². The predicted octanol–water partition coefficient (Wildman–Crippen LogP) is 2.49. The Bertz CT molecular complexity index is 238. The van der Waals surface area contributed by atoms with Gasteiger partial charge in [0, 0.05) is 25.9 Å². The summed E-state index contributed by atoms with van der Waals surface area (Å²) < 4.78 is 4.98. The SMILES string of the molecule is C.C.CC[C@@H](CCC(=O)OCCCNCl)C(=O)NC. The average molecular weight is 297 g/mol. The molecule has 0 saturated heterocycles. The number of esters is 1. The highest BCUT2D eigenvalue weighted by Crippen LogP contribution is 2.11. The molecule has 19 heavy (non-hydrogen) atoms. The van der Waals surface area contributed by atoms with Crippen LogP contribution in [0.15, 0.2) is 0 Å². The number of hydrogen-bond donors (Lipinski definition) is 2. The topological polar surface area (TPSA) is 67.4 Å². The number of hydrogen-bond acceptors (Lipinski definition) is 4. The zero-order chi connectivity index (χ0) is 13.1. The van der Waals surface area contributed by atoms with E-state index in [1.807, 2.05) is 6.92 Å². The van der Waals surface area contributed by atoms with Crippen molar-refractivity contribution >= 4 is 23.7 Å². The summed E-state index contributed by atoms with van der Waals surface area (Å²) in [5.74, 6) is -0.398. The zero-order valence-corrected chi connectivity index (χ0v) is 11.2. The van der Waals surface area contributed by atoms with Gasteiger partial charge in [-0.3, -0.25) is 9.59 Å². The molecule has 0 radical (unpaired) electrons. The summed E-state index contributed by atoms with van der Waals surface area (Å²) in [6.07, 6.45) is 2.22. The molecule has 0 aromatic heterocycles. The maximum Gasteiger partial charge on any atom is 0.305 e. The second kappa shape index (κ2) is 15.2. The van der Waals surface area contributed by atoms with E-state index in [0.717, 1.165) is 6.42 Å². The van der Waals surface area contributed by atoms with E-state index in [-0.39, 0.29) is 39.1 Å². The Kier molecular flexibility index (Phi) is 18.7. The third-order valence-electron chi connectivity index (χ3n) is 2.49. The highest BCUT2D eigenvalue weighted by molar-refractivity contribution is 6.13. The van der Waals surface area contributed by atoms with Crippen LogP contribution in [0.1, 0.15) is 47.5 Å². The maximum atomic E-state index is 11.4.